The second-order valence-electron chi connectivity index (χ2n) is 7.32. The van der Waals surface area contributed by atoms with Gasteiger partial charge in [-0.2, -0.15) is 0 Å². The van der Waals surface area contributed by atoms with Crippen LogP contribution in [0.2, 0.25) is 5.02 Å². The van der Waals surface area contributed by atoms with Crippen molar-refractivity contribution in [2.45, 2.75) is 32.6 Å². The monoisotopic (exact) mass is 390 g/mol. The van der Waals surface area contributed by atoms with Crippen LogP contribution in [0.15, 0.2) is 23.8 Å². The molecule has 0 aromatic heterocycles. The van der Waals surface area contributed by atoms with Crippen LogP contribution < -0.4 is 4.74 Å². The van der Waals surface area contributed by atoms with Crippen molar-refractivity contribution < 1.29 is 14.3 Å². The van der Waals surface area contributed by atoms with Gasteiger partial charge in [-0.1, -0.05) is 24.9 Å². The van der Waals surface area contributed by atoms with Gasteiger partial charge in [0.2, 0.25) is 5.91 Å². The van der Waals surface area contributed by atoms with E-state index in [0.717, 1.165) is 43.5 Å². The molecule has 0 spiro atoms. The van der Waals surface area contributed by atoms with Gasteiger partial charge in [0.25, 0.3) is 5.91 Å². The lowest BCUT2D eigenvalue weighted by atomic mass is 9.94. The number of rotatable bonds is 5. The van der Waals surface area contributed by atoms with Crippen molar-refractivity contribution in [2.24, 2.45) is 5.92 Å². The van der Waals surface area contributed by atoms with Crippen molar-refractivity contribution in [3.63, 3.8) is 0 Å². The van der Waals surface area contributed by atoms with Crippen LogP contribution in [0, 0.1) is 5.92 Å². The van der Waals surface area contributed by atoms with E-state index in [0.29, 0.717) is 23.7 Å². The van der Waals surface area contributed by atoms with Crippen LogP contribution in [0.25, 0.3) is 6.08 Å². The molecule has 1 saturated heterocycles. The minimum absolute atomic E-state index is 0.00846. The van der Waals surface area contributed by atoms with Gasteiger partial charge in [-0.25, -0.2) is 0 Å². The first kappa shape index (κ1) is 19.7. The van der Waals surface area contributed by atoms with Crippen LogP contribution in [0.5, 0.6) is 5.75 Å². The average molecular weight is 391 g/mol. The Morgan fingerprint density at radius 3 is 2.74 bits per heavy atom. The summed E-state index contributed by atoms with van der Waals surface area (Å²) in [4.78, 5) is 29.0. The Balaban J connectivity index is 1.58. The zero-order valence-electron chi connectivity index (χ0n) is 16.0. The van der Waals surface area contributed by atoms with Crippen molar-refractivity contribution in [3.8, 4) is 5.75 Å². The van der Waals surface area contributed by atoms with E-state index >= 15 is 0 Å². The number of halogens is 1. The van der Waals surface area contributed by atoms with Crippen LogP contribution in [-0.2, 0) is 9.59 Å². The standard InChI is InChI=1S/C21H27ClN2O3/c1-3-4-9-23(2)20(25)15-7-10-24(11-8-15)21(26)17-12-16-13-18(22)5-6-19(16)27-14-17/h5-6,12-13,15H,3-4,7-11,14H2,1-2H3. The van der Waals surface area contributed by atoms with Crippen molar-refractivity contribution in [3.05, 3.63) is 34.4 Å². The Morgan fingerprint density at radius 1 is 1.30 bits per heavy atom. The molecular formula is C21H27ClN2O3. The zero-order chi connectivity index (χ0) is 19.4. The third-order valence-electron chi connectivity index (χ3n) is 5.31. The zero-order valence-corrected chi connectivity index (χ0v) is 16.8. The Hall–Kier alpha value is -2.01. The number of nitrogens with zero attached hydrogens (tertiary/aromatic N) is 2. The number of amides is 2. The number of benzene rings is 1. The summed E-state index contributed by atoms with van der Waals surface area (Å²) in [5, 5.41) is 0.619. The molecule has 0 atom stereocenters. The molecule has 1 fully saturated rings. The summed E-state index contributed by atoms with van der Waals surface area (Å²) < 4.78 is 5.70. The van der Waals surface area contributed by atoms with E-state index in [-0.39, 0.29) is 24.3 Å². The number of carbonyl (C=O) groups is 2. The first-order chi connectivity index (χ1) is 13.0. The second kappa shape index (κ2) is 8.79. The predicted octanol–water partition coefficient (Wildman–Crippen LogP) is 3.61. The number of likely N-dealkylation sites (tertiary alicyclic amines) is 1. The summed E-state index contributed by atoms with van der Waals surface area (Å²) in [6.07, 6.45) is 5.41. The lowest BCUT2D eigenvalue weighted by Gasteiger charge is -2.34. The largest absolute Gasteiger partial charge is 0.488 e. The fourth-order valence-corrected chi connectivity index (χ4v) is 3.80. The minimum atomic E-state index is -0.00846. The molecule has 0 unspecified atom stereocenters. The molecule has 0 bridgehead atoms. The smallest absolute Gasteiger partial charge is 0.253 e. The van der Waals surface area contributed by atoms with Crippen molar-refractivity contribution in [2.75, 3.05) is 33.3 Å². The van der Waals surface area contributed by atoms with E-state index in [2.05, 4.69) is 6.92 Å². The van der Waals surface area contributed by atoms with Gasteiger partial charge in [-0.15, -0.1) is 0 Å². The fourth-order valence-electron chi connectivity index (χ4n) is 3.62. The highest BCUT2D eigenvalue weighted by Crippen LogP contribution is 2.30. The molecule has 5 nitrogen and oxygen atoms in total. The molecule has 27 heavy (non-hydrogen) atoms. The van der Waals surface area contributed by atoms with Crippen LogP contribution in [0.3, 0.4) is 0 Å². The maximum absolute atomic E-state index is 12.8. The summed E-state index contributed by atoms with van der Waals surface area (Å²) >= 11 is 6.04. The van der Waals surface area contributed by atoms with Gasteiger partial charge >= 0.3 is 0 Å². The Kier molecular flexibility index (Phi) is 6.42. The van der Waals surface area contributed by atoms with E-state index in [4.69, 9.17) is 16.3 Å². The Morgan fingerprint density at radius 2 is 2.04 bits per heavy atom. The third kappa shape index (κ3) is 4.64. The molecule has 2 aliphatic rings. The van der Waals surface area contributed by atoms with Gasteiger partial charge in [-0.05, 0) is 43.5 Å². The van der Waals surface area contributed by atoms with E-state index in [1.807, 2.05) is 29.0 Å². The topological polar surface area (TPSA) is 49.9 Å². The average Bonchev–Trinajstić information content (AvgIpc) is 2.70. The number of unbranched alkanes of at least 4 members (excludes halogenated alkanes) is 1. The van der Waals surface area contributed by atoms with Crippen LogP contribution in [0.1, 0.15) is 38.2 Å². The number of piperidine rings is 1. The molecule has 1 aromatic rings. The molecule has 2 aliphatic heterocycles. The lowest BCUT2D eigenvalue weighted by Crippen LogP contribution is -2.44. The highest BCUT2D eigenvalue weighted by Gasteiger charge is 2.30. The highest BCUT2D eigenvalue weighted by molar-refractivity contribution is 6.30. The van der Waals surface area contributed by atoms with Gasteiger partial charge in [0.1, 0.15) is 12.4 Å². The van der Waals surface area contributed by atoms with Gasteiger partial charge in [0.15, 0.2) is 0 Å². The minimum Gasteiger partial charge on any atom is -0.488 e. The SMILES string of the molecule is CCCCN(C)C(=O)C1CCN(C(=O)C2=Cc3cc(Cl)ccc3OC2)CC1. The summed E-state index contributed by atoms with van der Waals surface area (Å²) in [6.45, 7) is 4.42. The number of hydrogen-bond acceptors (Lipinski definition) is 3. The highest BCUT2D eigenvalue weighted by atomic mass is 35.5. The van der Waals surface area contributed by atoms with Gasteiger partial charge in [-0.3, -0.25) is 9.59 Å². The van der Waals surface area contributed by atoms with Crippen molar-refractivity contribution >= 4 is 29.5 Å². The van der Waals surface area contributed by atoms with E-state index in [1.165, 1.54) is 0 Å². The molecule has 6 heteroatoms. The summed E-state index contributed by atoms with van der Waals surface area (Å²) in [5.41, 5.74) is 1.47. The number of carbonyl (C=O) groups excluding carboxylic acids is 2. The summed E-state index contributed by atoms with van der Waals surface area (Å²) in [5.74, 6) is 0.965. The van der Waals surface area contributed by atoms with E-state index in [9.17, 15) is 9.59 Å². The first-order valence-corrected chi connectivity index (χ1v) is 10.0. The maximum Gasteiger partial charge on any atom is 0.253 e. The second-order valence-corrected chi connectivity index (χ2v) is 7.76. The molecule has 0 N–H and O–H groups in total. The van der Waals surface area contributed by atoms with Crippen LogP contribution >= 0.6 is 11.6 Å². The van der Waals surface area contributed by atoms with Crippen molar-refractivity contribution in [1.82, 2.24) is 9.80 Å². The fraction of sp³-hybridized carbons (Fsp3) is 0.524. The van der Waals surface area contributed by atoms with Gasteiger partial charge in [0.05, 0.1) is 5.57 Å². The quantitative estimate of drug-likeness (QED) is 0.771. The number of fused-ring (bicyclic) bond motifs is 1. The number of ether oxygens (including phenoxy) is 1. The summed E-state index contributed by atoms with van der Waals surface area (Å²) in [6, 6.07) is 5.41. The van der Waals surface area contributed by atoms with E-state index in [1.54, 1.807) is 12.1 Å². The molecule has 146 valence electrons. The molecule has 3 rings (SSSR count). The molecule has 0 aliphatic carbocycles. The molecule has 1 aromatic carbocycles. The molecule has 0 saturated carbocycles. The number of hydrogen-bond donors (Lipinski definition) is 0. The molecular weight excluding hydrogens is 364 g/mol. The Bertz CT molecular complexity index is 739. The van der Waals surface area contributed by atoms with Crippen LogP contribution in [0.4, 0.5) is 0 Å². The third-order valence-corrected chi connectivity index (χ3v) is 5.55. The lowest BCUT2D eigenvalue weighted by molar-refractivity contribution is -0.138. The normalized spacial score (nSPS) is 17.0. The molecule has 0 radical (unpaired) electrons. The van der Waals surface area contributed by atoms with Gasteiger partial charge < -0.3 is 14.5 Å². The maximum atomic E-state index is 12.8. The predicted molar refractivity (Wildman–Crippen MR) is 107 cm³/mol. The molecule has 2 heterocycles. The van der Waals surface area contributed by atoms with E-state index < -0.39 is 0 Å². The molecule has 2 amide bonds. The van der Waals surface area contributed by atoms with Gasteiger partial charge in [0, 0.05) is 43.2 Å². The first-order valence-electron chi connectivity index (χ1n) is 9.66. The van der Waals surface area contributed by atoms with Crippen LogP contribution in [-0.4, -0.2) is 54.9 Å². The summed E-state index contributed by atoms with van der Waals surface area (Å²) in [7, 11) is 1.88. The Labute approximate surface area is 165 Å². The van der Waals surface area contributed by atoms with Crippen molar-refractivity contribution in [1.29, 1.82) is 0 Å².